The van der Waals surface area contributed by atoms with Gasteiger partial charge in [0.15, 0.2) is 15.5 Å². The first kappa shape index (κ1) is 21.1. The molecular weight excluding hydrogens is 394 g/mol. The zero-order valence-corrected chi connectivity index (χ0v) is 17.7. The molecule has 1 aliphatic rings. The van der Waals surface area contributed by atoms with Crippen LogP contribution in [0, 0.1) is 0 Å². The van der Waals surface area contributed by atoms with Crippen molar-refractivity contribution in [2.75, 3.05) is 35.3 Å². The fraction of sp³-hybridized carbons (Fsp3) is 0.474. The topological polar surface area (TPSA) is 132 Å². The van der Waals surface area contributed by atoms with Crippen LogP contribution in [0.15, 0.2) is 29.2 Å². The number of aliphatic hydroxyl groups is 1. The molecule has 29 heavy (non-hydrogen) atoms. The highest BCUT2D eigenvalue weighted by Crippen LogP contribution is 2.29. The molecule has 1 atom stereocenters. The van der Waals surface area contributed by atoms with Crippen molar-refractivity contribution in [3.05, 3.63) is 29.8 Å². The number of nitrogen functional groups attached to an aromatic ring is 1. The third kappa shape index (κ3) is 5.07. The van der Waals surface area contributed by atoms with Gasteiger partial charge >= 0.3 is 6.01 Å². The minimum absolute atomic E-state index is 0.0989. The SMILES string of the molecule is CC(C)Oc1nc(NCc2ccccc2S(C)(=O)=O)c(N)c(N2CC[C@H](O)C2)[nH+]1. The van der Waals surface area contributed by atoms with E-state index in [1.165, 1.54) is 6.26 Å². The molecule has 1 saturated heterocycles. The number of hydrogen-bond donors (Lipinski definition) is 3. The number of β-amino-alcohol motifs (C(OH)–C–C–N with tert-alkyl or cyclic N) is 1. The molecule has 1 aliphatic heterocycles. The van der Waals surface area contributed by atoms with Crippen molar-refractivity contribution in [3.63, 3.8) is 0 Å². The van der Waals surface area contributed by atoms with Crippen LogP contribution >= 0.6 is 0 Å². The molecule has 2 aromatic rings. The molecule has 1 aromatic carbocycles. The van der Waals surface area contributed by atoms with Gasteiger partial charge in [0.25, 0.3) is 5.82 Å². The Morgan fingerprint density at radius 2 is 2.14 bits per heavy atom. The van der Waals surface area contributed by atoms with Gasteiger partial charge in [0.1, 0.15) is 0 Å². The molecule has 0 radical (unpaired) electrons. The summed E-state index contributed by atoms with van der Waals surface area (Å²) < 4.78 is 29.8. The van der Waals surface area contributed by atoms with Gasteiger partial charge in [-0.2, -0.15) is 0 Å². The molecule has 1 aromatic heterocycles. The molecule has 9 nitrogen and oxygen atoms in total. The lowest BCUT2D eigenvalue weighted by Crippen LogP contribution is -2.31. The summed E-state index contributed by atoms with van der Waals surface area (Å²) >= 11 is 0. The molecule has 10 heteroatoms. The van der Waals surface area contributed by atoms with E-state index in [-0.39, 0.29) is 17.5 Å². The van der Waals surface area contributed by atoms with E-state index in [1.54, 1.807) is 24.3 Å². The summed E-state index contributed by atoms with van der Waals surface area (Å²) in [5.74, 6) is 1.00. The number of anilines is 3. The van der Waals surface area contributed by atoms with E-state index in [1.807, 2.05) is 18.7 Å². The third-order valence-electron chi connectivity index (χ3n) is 4.59. The molecule has 3 rings (SSSR count). The Hall–Kier alpha value is -2.59. The molecule has 2 heterocycles. The minimum atomic E-state index is -3.36. The van der Waals surface area contributed by atoms with Crippen LogP contribution in [-0.2, 0) is 16.4 Å². The second-order valence-electron chi connectivity index (χ2n) is 7.44. The average molecular weight is 423 g/mol. The van der Waals surface area contributed by atoms with Crippen molar-refractivity contribution < 1.29 is 23.2 Å². The van der Waals surface area contributed by atoms with E-state index in [4.69, 9.17) is 10.5 Å². The van der Waals surface area contributed by atoms with E-state index < -0.39 is 15.9 Å². The van der Waals surface area contributed by atoms with Gasteiger partial charge in [0, 0.05) is 19.2 Å². The summed E-state index contributed by atoms with van der Waals surface area (Å²) in [5, 5.41) is 13.0. The maximum absolute atomic E-state index is 12.0. The smallest absolute Gasteiger partial charge is 0.434 e. The largest absolute Gasteiger partial charge is 0.438 e. The van der Waals surface area contributed by atoms with Gasteiger partial charge in [-0.1, -0.05) is 18.2 Å². The maximum atomic E-state index is 12.0. The van der Waals surface area contributed by atoms with E-state index in [0.29, 0.717) is 48.4 Å². The first-order valence-electron chi connectivity index (χ1n) is 9.49. The van der Waals surface area contributed by atoms with Crippen LogP contribution in [0.2, 0.25) is 0 Å². The van der Waals surface area contributed by atoms with Gasteiger partial charge in [-0.3, -0.25) is 4.90 Å². The van der Waals surface area contributed by atoms with Crippen molar-refractivity contribution in [2.24, 2.45) is 0 Å². The summed E-state index contributed by atoms with van der Waals surface area (Å²) in [7, 11) is -3.36. The fourth-order valence-electron chi connectivity index (χ4n) is 3.27. The molecule has 158 valence electrons. The number of rotatable bonds is 7. The monoisotopic (exact) mass is 422 g/mol. The van der Waals surface area contributed by atoms with Crippen LogP contribution in [-0.4, -0.2) is 50.1 Å². The minimum Gasteiger partial charge on any atom is -0.438 e. The van der Waals surface area contributed by atoms with Gasteiger partial charge in [-0.15, -0.1) is 0 Å². The summed E-state index contributed by atoms with van der Waals surface area (Å²) in [6.45, 7) is 5.13. The third-order valence-corrected chi connectivity index (χ3v) is 5.79. The van der Waals surface area contributed by atoms with Crippen molar-refractivity contribution in [1.82, 2.24) is 4.98 Å². The first-order chi connectivity index (χ1) is 13.6. The van der Waals surface area contributed by atoms with Gasteiger partial charge in [0.2, 0.25) is 5.82 Å². The summed E-state index contributed by atoms with van der Waals surface area (Å²) in [4.78, 5) is 9.73. The Kier molecular flexibility index (Phi) is 6.13. The van der Waals surface area contributed by atoms with Crippen molar-refractivity contribution >= 4 is 27.2 Å². The number of benzene rings is 1. The van der Waals surface area contributed by atoms with Crippen LogP contribution in [0.25, 0.3) is 0 Å². The standard InChI is InChI=1S/C19H27N5O4S/c1-12(2)28-19-22-17(16(20)18(23-19)24-9-8-14(25)11-24)21-10-13-6-4-5-7-15(13)29(3,26)27/h4-7,12,14,25H,8-11,20H2,1-3H3,(H,21,22,23)/p+1/t14-/m0/s1. The molecule has 0 aliphatic carbocycles. The normalized spacial score (nSPS) is 17.0. The molecule has 0 spiro atoms. The number of ether oxygens (including phenoxy) is 1. The molecule has 0 amide bonds. The quantitative estimate of drug-likeness (QED) is 0.598. The maximum Gasteiger partial charge on any atom is 0.434 e. The van der Waals surface area contributed by atoms with E-state index in [2.05, 4.69) is 15.3 Å². The molecule has 5 N–H and O–H groups in total. The van der Waals surface area contributed by atoms with Crippen molar-refractivity contribution in [2.45, 2.75) is 43.9 Å². The molecule has 0 unspecified atom stereocenters. The summed E-state index contributed by atoms with van der Waals surface area (Å²) in [6.07, 6.45) is 1.32. The van der Waals surface area contributed by atoms with Gasteiger partial charge < -0.3 is 20.9 Å². The summed E-state index contributed by atoms with van der Waals surface area (Å²) in [6, 6.07) is 7.09. The van der Waals surface area contributed by atoms with E-state index in [9.17, 15) is 13.5 Å². The second-order valence-corrected chi connectivity index (χ2v) is 9.43. The van der Waals surface area contributed by atoms with Crippen LogP contribution in [0.5, 0.6) is 6.01 Å². The van der Waals surface area contributed by atoms with E-state index >= 15 is 0 Å². The summed E-state index contributed by atoms with van der Waals surface area (Å²) in [5.41, 5.74) is 7.34. The number of nitrogens with two attached hydrogens (primary N) is 1. The zero-order chi connectivity index (χ0) is 21.2. The lowest BCUT2D eigenvalue weighted by molar-refractivity contribution is -0.387. The van der Waals surface area contributed by atoms with Crippen LogP contribution in [0.1, 0.15) is 25.8 Å². The number of nitrogens with one attached hydrogen (secondary N) is 2. The fourth-order valence-corrected chi connectivity index (χ4v) is 4.21. The number of aliphatic hydroxyl groups excluding tert-OH is 1. The Morgan fingerprint density at radius 3 is 2.76 bits per heavy atom. The van der Waals surface area contributed by atoms with Crippen LogP contribution in [0.4, 0.5) is 17.3 Å². The second kappa shape index (κ2) is 8.42. The highest BCUT2D eigenvalue weighted by molar-refractivity contribution is 7.90. The highest BCUT2D eigenvalue weighted by atomic mass is 32.2. The number of hydrogen-bond acceptors (Lipinski definition) is 8. The Bertz CT molecular complexity index is 981. The van der Waals surface area contributed by atoms with Gasteiger partial charge in [-0.05, 0) is 30.5 Å². The molecular formula is C19H28N5O4S+. The predicted molar refractivity (Wildman–Crippen MR) is 111 cm³/mol. The van der Waals surface area contributed by atoms with Gasteiger partial charge in [0.05, 0.1) is 30.2 Å². The molecule has 0 saturated carbocycles. The van der Waals surface area contributed by atoms with E-state index in [0.717, 1.165) is 0 Å². The highest BCUT2D eigenvalue weighted by Gasteiger charge is 2.31. The van der Waals surface area contributed by atoms with Crippen molar-refractivity contribution in [3.8, 4) is 6.01 Å². The number of sulfone groups is 1. The molecule has 0 bridgehead atoms. The van der Waals surface area contributed by atoms with Crippen LogP contribution in [0.3, 0.4) is 0 Å². The number of H-pyrrole nitrogens is 1. The van der Waals surface area contributed by atoms with Crippen molar-refractivity contribution in [1.29, 1.82) is 0 Å². The Morgan fingerprint density at radius 1 is 1.41 bits per heavy atom. The first-order valence-corrected chi connectivity index (χ1v) is 11.4. The number of aromatic amines is 1. The van der Waals surface area contributed by atoms with Gasteiger partial charge in [-0.25, -0.2) is 13.4 Å². The molecule has 1 fully saturated rings. The number of aromatic nitrogens is 2. The zero-order valence-electron chi connectivity index (χ0n) is 16.8. The van der Waals surface area contributed by atoms with Crippen LogP contribution < -0.4 is 25.7 Å². The average Bonchev–Trinajstić information content (AvgIpc) is 3.07. The number of nitrogens with zero attached hydrogens (tertiary/aromatic N) is 2. The Balaban J connectivity index is 1.92. The Labute approximate surface area is 170 Å². The lowest BCUT2D eigenvalue weighted by Gasteiger charge is -2.17. The predicted octanol–water partition coefficient (Wildman–Crippen LogP) is 0.852. The lowest BCUT2D eigenvalue weighted by atomic mass is 10.2.